The minimum Gasteiger partial charge on any atom is -0.381 e. The Morgan fingerprint density at radius 1 is 1.30 bits per heavy atom. The SMILES string of the molecule is CC(=O)[C@@H]1CCC(=O)C2[C@@](C)(CCC3CCOC3)[C@H](C=O)CC[C@]21C.NO. The molecule has 0 aromatic rings. The first-order valence-electron chi connectivity index (χ1n) is 10.1. The molecule has 3 rings (SSSR count). The Morgan fingerprint density at radius 3 is 2.56 bits per heavy atom. The molecule has 6 heteroatoms. The Balaban J connectivity index is 0.00000126. The highest BCUT2D eigenvalue weighted by molar-refractivity contribution is 5.88. The van der Waals surface area contributed by atoms with Crippen LogP contribution < -0.4 is 5.90 Å². The predicted octanol–water partition coefficient (Wildman–Crippen LogP) is 2.94. The molecule has 0 spiro atoms. The smallest absolute Gasteiger partial charge is 0.137 e. The van der Waals surface area contributed by atoms with Gasteiger partial charge < -0.3 is 14.7 Å². The van der Waals surface area contributed by atoms with Crippen molar-refractivity contribution in [2.75, 3.05) is 13.2 Å². The first-order chi connectivity index (χ1) is 12.8. The van der Waals surface area contributed by atoms with Crippen molar-refractivity contribution in [3.8, 4) is 0 Å². The predicted molar refractivity (Wildman–Crippen MR) is 101 cm³/mol. The summed E-state index contributed by atoms with van der Waals surface area (Å²) in [5.74, 6) is 4.22. The van der Waals surface area contributed by atoms with Gasteiger partial charge in [0.25, 0.3) is 0 Å². The normalized spacial score (nSPS) is 41.3. The van der Waals surface area contributed by atoms with Crippen molar-refractivity contribution in [1.82, 2.24) is 0 Å². The lowest BCUT2D eigenvalue weighted by Gasteiger charge is -2.58. The maximum Gasteiger partial charge on any atom is 0.137 e. The molecule has 1 aliphatic heterocycles. The van der Waals surface area contributed by atoms with Crippen LogP contribution in [-0.2, 0) is 19.1 Å². The fraction of sp³-hybridized carbons (Fsp3) is 0.857. The van der Waals surface area contributed by atoms with Gasteiger partial charge in [0.15, 0.2) is 0 Å². The second-order valence-electron chi connectivity index (χ2n) is 9.16. The minimum atomic E-state index is -0.331. The van der Waals surface area contributed by atoms with Gasteiger partial charge in [0.05, 0.1) is 0 Å². The number of hydrogen-bond donors (Lipinski definition) is 2. The molecule has 0 radical (unpaired) electrons. The third-order valence-corrected chi connectivity index (χ3v) is 7.73. The van der Waals surface area contributed by atoms with Crippen LogP contribution in [0, 0.1) is 34.5 Å². The van der Waals surface area contributed by atoms with Crippen molar-refractivity contribution in [2.24, 2.45) is 40.4 Å². The summed E-state index contributed by atoms with van der Waals surface area (Å²) in [6.07, 6.45) is 6.80. The van der Waals surface area contributed by atoms with E-state index < -0.39 is 0 Å². The van der Waals surface area contributed by atoms with Crippen LogP contribution in [0.25, 0.3) is 0 Å². The van der Waals surface area contributed by atoms with E-state index in [0.29, 0.717) is 18.8 Å². The van der Waals surface area contributed by atoms with E-state index >= 15 is 0 Å². The summed E-state index contributed by atoms with van der Waals surface area (Å²) in [5.41, 5.74) is -0.621. The van der Waals surface area contributed by atoms with Crippen LogP contribution >= 0.6 is 0 Å². The first kappa shape index (κ1) is 22.2. The van der Waals surface area contributed by atoms with Crippen molar-refractivity contribution < 1.29 is 24.3 Å². The third-order valence-electron chi connectivity index (χ3n) is 7.73. The number of ketones is 2. The number of fused-ring (bicyclic) bond motifs is 1. The topological polar surface area (TPSA) is 107 Å². The van der Waals surface area contributed by atoms with Crippen LogP contribution in [0.4, 0.5) is 0 Å². The molecule has 3 fully saturated rings. The molecular weight excluding hydrogens is 346 g/mol. The van der Waals surface area contributed by atoms with Gasteiger partial charge in [-0.3, -0.25) is 9.59 Å². The summed E-state index contributed by atoms with van der Waals surface area (Å²) in [7, 11) is 0. The standard InChI is InChI=1S/C21H32O4.H3NO/c1-14(23)17-4-5-18(24)19-20(2,9-6-15-8-11-25-13-15)16(12-22)7-10-21(17,19)3;1-2/h12,15-17,19H,4-11,13H2,1-3H3;2H,1H2/t15?,16-,17-,19?,20-,21-;/m0./s1. The molecule has 0 bridgehead atoms. The number of carbonyl (C=O) groups is 3. The van der Waals surface area contributed by atoms with Crippen LogP contribution in [-0.4, -0.2) is 36.3 Å². The lowest BCUT2D eigenvalue weighted by atomic mass is 9.43. The van der Waals surface area contributed by atoms with Crippen LogP contribution in [0.5, 0.6) is 0 Å². The Kier molecular flexibility index (Phi) is 7.33. The van der Waals surface area contributed by atoms with E-state index in [1.807, 2.05) is 0 Å². The molecule has 3 N–H and O–H groups in total. The van der Waals surface area contributed by atoms with Gasteiger partial charge in [0, 0.05) is 37.4 Å². The molecule has 0 aromatic carbocycles. The Morgan fingerprint density at radius 2 is 2.00 bits per heavy atom. The van der Waals surface area contributed by atoms with Gasteiger partial charge in [-0.2, -0.15) is 0 Å². The molecule has 1 saturated heterocycles. The second kappa shape index (κ2) is 8.93. The van der Waals surface area contributed by atoms with Crippen molar-refractivity contribution in [3.63, 3.8) is 0 Å². The molecule has 2 unspecified atom stereocenters. The highest BCUT2D eigenvalue weighted by Gasteiger charge is 2.61. The maximum absolute atomic E-state index is 13.0. The zero-order chi connectivity index (χ0) is 20.2. The molecule has 6 nitrogen and oxygen atoms in total. The fourth-order valence-corrected chi connectivity index (χ4v) is 6.33. The van der Waals surface area contributed by atoms with E-state index in [0.717, 1.165) is 51.6 Å². The van der Waals surface area contributed by atoms with Gasteiger partial charge in [-0.1, -0.05) is 13.8 Å². The van der Waals surface area contributed by atoms with E-state index in [-0.39, 0.29) is 40.2 Å². The van der Waals surface area contributed by atoms with Gasteiger partial charge in [-0.05, 0) is 62.2 Å². The van der Waals surface area contributed by atoms with Gasteiger partial charge >= 0.3 is 0 Å². The summed E-state index contributed by atoms with van der Waals surface area (Å²) >= 11 is 0. The van der Waals surface area contributed by atoms with Gasteiger partial charge in [-0.25, -0.2) is 5.90 Å². The van der Waals surface area contributed by atoms with E-state index in [9.17, 15) is 14.4 Å². The lowest BCUT2D eigenvalue weighted by molar-refractivity contribution is -0.163. The number of ether oxygens (including phenoxy) is 1. The third kappa shape index (κ3) is 4.03. The van der Waals surface area contributed by atoms with E-state index in [4.69, 9.17) is 9.94 Å². The maximum atomic E-state index is 13.0. The molecule has 2 saturated carbocycles. The monoisotopic (exact) mass is 381 g/mol. The lowest BCUT2D eigenvalue weighted by Crippen LogP contribution is -2.58. The summed E-state index contributed by atoms with van der Waals surface area (Å²) in [5, 5.41) is 6.50. The molecule has 27 heavy (non-hydrogen) atoms. The van der Waals surface area contributed by atoms with Crippen LogP contribution in [0.1, 0.15) is 65.7 Å². The zero-order valence-electron chi connectivity index (χ0n) is 16.9. The second-order valence-corrected chi connectivity index (χ2v) is 9.16. The molecule has 1 heterocycles. The van der Waals surface area contributed by atoms with Crippen LogP contribution in [0.3, 0.4) is 0 Å². The number of hydrogen-bond acceptors (Lipinski definition) is 6. The Labute approximate surface area is 162 Å². The quantitative estimate of drug-likeness (QED) is 0.560. The van der Waals surface area contributed by atoms with E-state index in [1.165, 1.54) is 0 Å². The summed E-state index contributed by atoms with van der Waals surface area (Å²) in [4.78, 5) is 37.2. The highest BCUT2D eigenvalue weighted by atomic mass is 16.5. The van der Waals surface area contributed by atoms with Gasteiger partial charge in [-0.15, -0.1) is 0 Å². The number of aldehydes is 1. The van der Waals surface area contributed by atoms with Gasteiger partial charge in [0.2, 0.25) is 0 Å². The average Bonchev–Trinajstić information content (AvgIpc) is 3.15. The summed E-state index contributed by atoms with van der Waals surface area (Å²) in [6, 6.07) is 0. The number of rotatable bonds is 5. The molecule has 0 aromatic heterocycles. The Hall–Kier alpha value is -1.11. The minimum absolute atomic E-state index is 0.0445. The van der Waals surface area contributed by atoms with Crippen molar-refractivity contribution in [2.45, 2.75) is 65.7 Å². The molecule has 0 amide bonds. The first-order valence-corrected chi connectivity index (χ1v) is 10.1. The highest BCUT2D eigenvalue weighted by Crippen LogP contribution is 2.62. The van der Waals surface area contributed by atoms with E-state index in [1.54, 1.807) is 6.92 Å². The van der Waals surface area contributed by atoms with Crippen molar-refractivity contribution in [1.29, 1.82) is 0 Å². The molecule has 6 atom stereocenters. The van der Waals surface area contributed by atoms with Crippen LogP contribution in [0.2, 0.25) is 0 Å². The van der Waals surface area contributed by atoms with Crippen molar-refractivity contribution >= 4 is 17.9 Å². The molecule has 2 aliphatic carbocycles. The van der Waals surface area contributed by atoms with Crippen molar-refractivity contribution in [3.05, 3.63) is 0 Å². The summed E-state index contributed by atoms with van der Waals surface area (Å²) in [6.45, 7) is 7.57. The Bertz CT molecular complexity index is 559. The largest absolute Gasteiger partial charge is 0.381 e. The van der Waals surface area contributed by atoms with Crippen LogP contribution in [0.15, 0.2) is 0 Å². The summed E-state index contributed by atoms with van der Waals surface area (Å²) < 4.78 is 5.50. The molecule has 3 aliphatic rings. The zero-order valence-corrected chi connectivity index (χ0v) is 16.9. The number of Topliss-reactive ketones (excluding diaryl/α,β-unsaturated/α-hetero) is 2. The average molecular weight is 382 g/mol. The van der Waals surface area contributed by atoms with E-state index in [2.05, 4.69) is 19.7 Å². The molecular formula is C21H35NO5. The fourth-order valence-electron chi connectivity index (χ4n) is 6.33. The number of nitrogens with two attached hydrogens (primary N) is 1. The molecule has 154 valence electrons. The number of carbonyl (C=O) groups excluding carboxylic acids is 3. The van der Waals surface area contributed by atoms with Gasteiger partial charge in [0.1, 0.15) is 17.9 Å².